The molecule has 1 saturated heterocycles. The summed E-state index contributed by atoms with van der Waals surface area (Å²) in [6, 6.07) is 10.1. The van der Waals surface area contributed by atoms with Crippen LogP contribution in [0.1, 0.15) is 39.7 Å². The maximum absolute atomic E-state index is 14.1. The first kappa shape index (κ1) is 25.9. The van der Waals surface area contributed by atoms with E-state index in [0.717, 1.165) is 54.4 Å². The molecule has 1 aromatic carbocycles. The number of carbonyl (C=O) groups is 1. The fourth-order valence-corrected chi connectivity index (χ4v) is 5.60. The molecule has 9 nitrogen and oxygen atoms in total. The number of hydrogen-bond acceptors (Lipinski definition) is 8. The van der Waals surface area contributed by atoms with Crippen molar-refractivity contribution < 1.29 is 23.8 Å². The Morgan fingerprint density at radius 3 is 2.85 bits per heavy atom. The van der Waals surface area contributed by atoms with Crippen LogP contribution in [0.25, 0.3) is 16.1 Å². The SMILES string of the molecule is O=C(O)c1nc2c(nc(CN3CC=C(c4cccc(OCc5ccc(Cl)cc5F)n4)CC3)n2CC2CCO2)s1. The first-order chi connectivity index (χ1) is 18.9. The average molecular weight is 570 g/mol. The quantitative estimate of drug-likeness (QED) is 0.299. The minimum atomic E-state index is -1.04. The van der Waals surface area contributed by atoms with Gasteiger partial charge in [0.25, 0.3) is 0 Å². The van der Waals surface area contributed by atoms with Gasteiger partial charge in [-0.15, -0.1) is 0 Å². The molecular formula is C27H25ClFN5O4S. The van der Waals surface area contributed by atoms with E-state index in [-0.39, 0.29) is 17.7 Å². The Balaban J connectivity index is 1.13. The van der Waals surface area contributed by atoms with Crippen molar-refractivity contribution in [1.82, 2.24) is 24.4 Å². The third-order valence-corrected chi connectivity index (χ3v) is 8.02. The molecule has 1 unspecified atom stereocenters. The molecule has 39 heavy (non-hydrogen) atoms. The van der Waals surface area contributed by atoms with E-state index < -0.39 is 11.8 Å². The van der Waals surface area contributed by atoms with Gasteiger partial charge in [0.15, 0.2) is 10.5 Å². The van der Waals surface area contributed by atoms with E-state index in [1.54, 1.807) is 18.2 Å². The van der Waals surface area contributed by atoms with E-state index in [9.17, 15) is 14.3 Å². The molecule has 3 aromatic heterocycles. The zero-order chi connectivity index (χ0) is 26.9. The van der Waals surface area contributed by atoms with Crippen LogP contribution in [0.2, 0.25) is 5.02 Å². The van der Waals surface area contributed by atoms with Gasteiger partial charge in [0.2, 0.25) is 10.9 Å². The highest BCUT2D eigenvalue weighted by molar-refractivity contribution is 7.19. The summed E-state index contributed by atoms with van der Waals surface area (Å²) in [6.07, 6.45) is 4.01. The molecule has 1 N–H and O–H groups in total. The number of thiazole rings is 1. The minimum absolute atomic E-state index is 0.0462. The molecule has 12 heteroatoms. The molecule has 1 atom stereocenters. The number of pyridine rings is 1. The van der Waals surface area contributed by atoms with Crippen LogP contribution in [0.5, 0.6) is 5.88 Å². The second kappa shape index (κ2) is 11.0. The van der Waals surface area contributed by atoms with E-state index in [1.165, 1.54) is 6.07 Å². The van der Waals surface area contributed by atoms with Crippen molar-refractivity contribution >= 4 is 45.0 Å². The molecule has 0 amide bonds. The number of rotatable bonds is 9. The van der Waals surface area contributed by atoms with Crippen molar-refractivity contribution in [3.8, 4) is 5.88 Å². The lowest BCUT2D eigenvalue weighted by Gasteiger charge is -2.29. The fraction of sp³-hybridized carbons (Fsp3) is 0.333. The van der Waals surface area contributed by atoms with Gasteiger partial charge in [-0.05, 0) is 36.6 Å². The summed E-state index contributed by atoms with van der Waals surface area (Å²) in [4.78, 5) is 28.0. The van der Waals surface area contributed by atoms with Crippen molar-refractivity contribution in [1.29, 1.82) is 0 Å². The number of benzene rings is 1. The fourth-order valence-electron chi connectivity index (χ4n) is 4.64. The molecule has 4 aromatic rings. The van der Waals surface area contributed by atoms with Crippen LogP contribution in [0.15, 0.2) is 42.5 Å². The Morgan fingerprint density at radius 2 is 2.13 bits per heavy atom. The summed E-state index contributed by atoms with van der Waals surface area (Å²) in [6.45, 7) is 3.55. The minimum Gasteiger partial charge on any atom is -0.476 e. The topological polar surface area (TPSA) is 103 Å². The predicted molar refractivity (Wildman–Crippen MR) is 145 cm³/mol. The van der Waals surface area contributed by atoms with Crippen LogP contribution in [-0.4, -0.2) is 61.3 Å². The van der Waals surface area contributed by atoms with Gasteiger partial charge in [-0.2, -0.15) is 0 Å². The van der Waals surface area contributed by atoms with Gasteiger partial charge >= 0.3 is 5.97 Å². The summed E-state index contributed by atoms with van der Waals surface area (Å²) in [5, 5.41) is 9.73. The lowest BCUT2D eigenvalue weighted by molar-refractivity contribution is -0.0592. The zero-order valence-corrected chi connectivity index (χ0v) is 22.4. The zero-order valence-electron chi connectivity index (χ0n) is 20.8. The molecule has 0 spiro atoms. The van der Waals surface area contributed by atoms with Crippen molar-refractivity contribution in [2.45, 2.75) is 38.6 Å². The van der Waals surface area contributed by atoms with Crippen LogP contribution < -0.4 is 4.74 Å². The number of halogens is 2. The molecule has 6 rings (SSSR count). The summed E-state index contributed by atoms with van der Waals surface area (Å²) >= 11 is 6.92. The van der Waals surface area contributed by atoms with E-state index in [4.69, 9.17) is 26.1 Å². The van der Waals surface area contributed by atoms with Gasteiger partial charge < -0.3 is 19.1 Å². The highest BCUT2D eigenvalue weighted by Gasteiger charge is 2.26. The molecule has 2 aliphatic rings. The van der Waals surface area contributed by atoms with Gasteiger partial charge in [-0.1, -0.05) is 41.1 Å². The van der Waals surface area contributed by atoms with E-state index >= 15 is 0 Å². The van der Waals surface area contributed by atoms with Gasteiger partial charge in [-0.3, -0.25) is 4.90 Å². The predicted octanol–water partition coefficient (Wildman–Crippen LogP) is 5.04. The second-order valence-corrected chi connectivity index (χ2v) is 10.9. The smallest absolute Gasteiger partial charge is 0.365 e. The number of hydrogen-bond donors (Lipinski definition) is 1. The number of imidazole rings is 1. The number of aromatic carboxylic acids is 1. The summed E-state index contributed by atoms with van der Waals surface area (Å²) < 4.78 is 27.5. The number of nitrogens with zero attached hydrogens (tertiary/aromatic N) is 5. The molecule has 1 fully saturated rings. The Hall–Kier alpha value is -3.38. The van der Waals surface area contributed by atoms with Crippen LogP contribution in [0.4, 0.5) is 4.39 Å². The number of carboxylic acid groups (broad SMARTS) is 1. The molecular weight excluding hydrogens is 545 g/mol. The lowest BCUT2D eigenvalue weighted by atomic mass is 10.0. The van der Waals surface area contributed by atoms with Gasteiger partial charge in [0, 0.05) is 36.3 Å². The van der Waals surface area contributed by atoms with Gasteiger partial charge in [-0.25, -0.2) is 24.1 Å². The largest absolute Gasteiger partial charge is 0.476 e. The van der Waals surface area contributed by atoms with Gasteiger partial charge in [0.05, 0.1) is 24.9 Å². The van der Waals surface area contributed by atoms with E-state index in [2.05, 4.69) is 20.9 Å². The molecule has 5 heterocycles. The van der Waals surface area contributed by atoms with E-state index in [1.807, 2.05) is 16.7 Å². The third-order valence-electron chi connectivity index (χ3n) is 6.85. The first-order valence-corrected chi connectivity index (χ1v) is 13.8. The highest BCUT2D eigenvalue weighted by atomic mass is 35.5. The van der Waals surface area contributed by atoms with Crippen LogP contribution in [0, 0.1) is 5.82 Å². The summed E-state index contributed by atoms with van der Waals surface area (Å²) in [5.74, 6) is -0.165. The van der Waals surface area contributed by atoms with Gasteiger partial charge in [0.1, 0.15) is 18.2 Å². The Labute approximate surface area is 232 Å². The maximum atomic E-state index is 14.1. The van der Waals surface area contributed by atoms with Crippen molar-refractivity contribution in [3.05, 3.63) is 75.4 Å². The lowest BCUT2D eigenvalue weighted by Crippen LogP contribution is -2.33. The van der Waals surface area contributed by atoms with Crippen molar-refractivity contribution in [3.63, 3.8) is 0 Å². The van der Waals surface area contributed by atoms with Crippen LogP contribution in [0.3, 0.4) is 0 Å². The van der Waals surface area contributed by atoms with Crippen molar-refractivity contribution in [2.24, 2.45) is 0 Å². The third kappa shape index (κ3) is 5.67. The normalized spacial score (nSPS) is 17.7. The molecule has 202 valence electrons. The summed E-state index contributed by atoms with van der Waals surface area (Å²) in [5.41, 5.74) is 2.97. The maximum Gasteiger partial charge on any atom is 0.365 e. The second-order valence-electron chi connectivity index (χ2n) is 9.47. The Bertz CT molecular complexity index is 1570. The highest BCUT2D eigenvalue weighted by Crippen LogP contribution is 2.28. The number of fused-ring (bicyclic) bond motifs is 1. The molecule has 0 saturated carbocycles. The number of aromatic nitrogens is 4. The standard InChI is InChI=1S/C27H25ClFN5O4S/c28-18-5-4-17(20(29)12-18)15-38-23-3-1-2-21(30-23)16-6-9-33(10-7-16)14-22-31-25-24(32-26(39-25)27(35)36)34(22)13-19-8-11-37-19/h1-6,12,19H,7-11,13-15H2,(H,35,36). The summed E-state index contributed by atoms with van der Waals surface area (Å²) in [7, 11) is 0. The first-order valence-electron chi connectivity index (χ1n) is 12.6. The Kier molecular flexibility index (Phi) is 7.30. The molecule has 2 aliphatic heterocycles. The Morgan fingerprint density at radius 1 is 1.26 bits per heavy atom. The van der Waals surface area contributed by atoms with Crippen molar-refractivity contribution in [2.75, 3.05) is 19.7 Å². The molecule has 0 aliphatic carbocycles. The molecule has 0 radical (unpaired) electrons. The number of ether oxygens (including phenoxy) is 2. The number of carboxylic acids is 1. The van der Waals surface area contributed by atoms with Crippen LogP contribution in [-0.2, 0) is 24.4 Å². The monoisotopic (exact) mass is 569 g/mol. The average Bonchev–Trinajstić information content (AvgIpc) is 3.45. The van der Waals surface area contributed by atoms with Crippen LogP contribution >= 0.6 is 22.9 Å². The van der Waals surface area contributed by atoms with E-state index in [0.29, 0.717) is 46.6 Å². The molecule has 0 bridgehead atoms.